The van der Waals surface area contributed by atoms with E-state index in [2.05, 4.69) is 0 Å². The second-order valence-corrected chi connectivity index (χ2v) is 7.30. The lowest BCUT2D eigenvalue weighted by Crippen LogP contribution is -2.35. The third-order valence-corrected chi connectivity index (χ3v) is 6.18. The van der Waals surface area contributed by atoms with Gasteiger partial charge in [0.05, 0.1) is 10.9 Å². The van der Waals surface area contributed by atoms with Gasteiger partial charge in [-0.25, -0.2) is 8.42 Å². The van der Waals surface area contributed by atoms with Crippen LogP contribution in [-0.4, -0.2) is 25.9 Å². The van der Waals surface area contributed by atoms with Gasteiger partial charge in [-0.3, -0.25) is 0 Å². The summed E-state index contributed by atoms with van der Waals surface area (Å²) in [4.78, 5) is 0.362. The van der Waals surface area contributed by atoms with Crippen molar-refractivity contribution in [3.05, 3.63) is 59.7 Å². The molecule has 2 aromatic rings. The fourth-order valence-corrected chi connectivity index (χ4v) is 4.67. The first-order valence-electron chi connectivity index (χ1n) is 7.31. The van der Waals surface area contributed by atoms with Crippen molar-refractivity contribution in [3.8, 4) is 5.75 Å². The Labute approximate surface area is 131 Å². The van der Waals surface area contributed by atoms with Crippen LogP contribution in [-0.2, 0) is 10.0 Å². The number of fused-ring (bicyclic) bond motifs is 1. The summed E-state index contributed by atoms with van der Waals surface area (Å²) < 4.78 is 33.3. The van der Waals surface area contributed by atoms with Crippen molar-refractivity contribution in [2.24, 2.45) is 0 Å². The standard InChI is InChI=1S/C17H19NO3S/c1-13-7-3-6-10-17(13)22(19,20)18-11-12-21-16-9-5-4-8-15(16)14(18)2/h3-10,14H,11-12H2,1-2H3. The number of para-hydroxylation sites is 1. The minimum absolute atomic E-state index is 0.261. The zero-order valence-corrected chi connectivity index (χ0v) is 13.5. The van der Waals surface area contributed by atoms with Crippen molar-refractivity contribution in [2.75, 3.05) is 13.2 Å². The Morgan fingerprint density at radius 3 is 2.55 bits per heavy atom. The first-order valence-corrected chi connectivity index (χ1v) is 8.75. The fraction of sp³-hybridized carbons (Fsp3) is 0.294. The van der Waals surface area contributed by atoms with Crippen LogP contribution in [0.3, 0.4) is 0 Å². The number of sulfonamides is 1. The van der Waals surface area contributed by atoms with Gasteiger partial charge in [0.15, 0.2) is 0 Å². The van der Waals surface area contributed by atoms with E-state index in [4.69, 9.17) is 4.74 Å². The summed E-state index contributed by atoms with van der Waals surface area (Å²) in [7, 11) is -3.55. The number of hydrogen-bond acceptors (Lipinski definition) is 3. The molecule has 4 nitrogen and oxygen atoms in total. The van der Waals surface area contributed by atoms with Crippen molar-refractivity contribution >= 4 is 10.0 Å². The third kappa shape index (κ3) is 2.51. The Morgan fingerprint density at radius 1 is 1.09 bits per heavy atom. The molecule has 22 heavy (non-hydrogen) atoms. The molecule has 0 spiro atoms. The normalized spacial score (nSPS) is 19.1. The average molecular weight is 317 g/mol. The molecule has 0 bridgehead atoms. The quantitative estimate of drug-likeness (QED) is 0.855. The SMILES string of the molecule is Cc1ccccc1S(=O)(=O)N1CCOc2ccccc2C1C. The highest BCUT2D eigenvalue weighted by Crippen LogP contribution is 2.35. The molecular weight excluding hydrogens is 298 g/mol. The second kappa shape index (κ2) is 5.74. The van der Waals surface area contributed by atoms with Gasteiger partial charge in [-0.2, -0.15) is 4.31 Å². The summed E-state index contributed by atoms with van der Waals surface area (Å²) in [6.07, 6.45) is 0. The van der Waals surface area contributed by atoms with Crippen LogP contribution in [0.15, 0.2) is 53.4 Å². The molecular formula is C17H19NO3S. The van der Waals surface area contributed by atoms with Crippen LogP contribution in [0.25, 0.3) is 0 Å². The van der Waals surface area contributed by atoms with Gasteiger partial charge in [0.1, 0.15) is 12.4 Å². The summed E-state index contributed by atoms with van der Waals surface area (Å²) in [5.74, 6) is 0.762. The molecule has 0 amide bonds. The number of rotatable bonds is 2. The van der Waals surface area contributed by atoms with Gasteiger partial charge in [0, 0.05) is 12.1 Å². The summed E-state index contributed by atoms with van der Waals surface area (Å²) >= 11 is 0. The molecule has 1 atom stereocenters. The molecule has 1 aliphatic rings. The highest BCUT2D eigenvalue weighted by Gasteiger charge is 2.33. The van der Waals surface area contributed by atoms with Crippen molar-refractivity contribution < 1.29 is 13.2 Å². The predicted molar refractivity (Wildman–Crippen MR) is 85.4 cm³/mol. The van der Waals surface area contributed by atoms with E-state index in [0.29, 0.717) is 18.0 Å². The Kier molecular flexibility index (Phi) is 3.93. The van der Waals surface area contributed by atoms with E-state index in [1.807, 2.05) is 50.2 Å². The van der Waals surface area contributed by atoms with Crippen molar-refractivity contribution in [2.45, 2.75) is 24.8 Å². The van der Waals surface area contributed by atoms with Crippen molar-refractivity contribution in [3.63, 3.8) is 0 Å². The molecule has 0 saturated heterocycles. The summed E-state index contributed by atoms with van der Waals surface area (Å²) in [6, 6.07) is 14.4. The number of nitrogens with zero attached hydrogens (tertiary/aromatic N) is 1. The van der Waals surface area contributed by atoms with Gasteiger partial charge in [0.2, 0.25) is 10.0 Å². The smallest absolute Gasteiger partial charge is 0.244 e. The number of hydrogen-bond donors (Lipinski definition) is 0. The Bertz CT molecular complexity index is 786. The average Bonchev–Trinajstić information content (AvgIpc) is 2.67. The lowest BCUT2D eigenvalue weighted by atomic mass is 10.1. The first kappa shape index (κ1) is 15.1. The van der Waals surface area contributed by atoms with Crippen LogP contribution in [0.2, 0.25) is 0 Å². The molecule has 0 aliphatic carbocycles. The lowest BCUT2D eigenvalue weighted by Gasteiger charge is -2.26. The van der Waals surface area contributed by atoms with E-state index in [0.717, 1.165) is 16.9 Å². The maximum absolute atomic E-state index is 13.1. The molecule has 116 valence electrons. The fourth-order valence-electron chi connectivity index (χ4n) is 2.85. The topological polar surface area (TPSA) is 46.6 Å². The second-order valence-electron chi connectivity index (χ2n) is 5.44. The Hall–Kier alpha value is -1.85. The molecule has 0 radical (unpaired) electrons. The highest BCUT2D eigenvalue weighted by atomic mass is 32.2. The Balaban J connectivity index is 2.07. The molecule has 0 aromatic heterocycles. The maximum atomic E-state index is 13.1. The number of aryl methyl sites for hydroxylation is 1. The van der Waals surface area contributed by atoms with Gasteiger partial charge >= 0.3 is 0 Å². The molecule has 2 aromatic carbocycles. The molecule has 0 saturated carbocycles. The van der Waals surface area contributed by atoms with E-state index < -0.39 is 10.0 Å². The van der Waals surface area contributed by atoms with E-state index in [1.165, 1.54) is 4.31 Å². The van der Waals surface area contributed by atoms with Crippen LogP contribution < -0.4 is 4.74 Å². The molecule has 3 rings (SSSR count). The van der Waals surface area contributed by atoms with Crippen LogP contribution in [0, 0.1) is 6.92 Å². The lowest BCUT2D eigenvalue weighted by molar-refractivity contribution is 0.278. The van der Waals surface area contributed by atoms with Crippen LogP contribution in [0.4, 0.5) is 0 Å². The molecule has 1 heterocycles. The van der Waals surface area contributed by atoms with Crippen molar-refractivity contribution in [1.82, 2.24) is 4.31 Å². The number of ether oxygens (including phenoxy) is 1. The summed E-state index contributed by atoms with van der Waals surface area (Å²) in [6.45, 7) is 4.42. The minimum Gasteiger partial charge on any atom is -0.492 e. The van der Waals surface area contributed by atoms with E-state index in [-0.39, 0.29) is 6.04 Å². The van der Waals surface area contributed by atoms with Crippen LogP contribution in [0.1, 0.15) is 24.1 Å². The zero-order valence-electron chi connectivity index (χ0n) is 12.7. The molecule has 0 fully saturated rings. The monoisotopic (exact) mass is 317 g/mol. The van der Waals surface area contributed by atoms with E-state index in [1.54, 1.807) is 12.1 Å². The van der Waals surface area contributed by atoms with Crippen LogP contribution in [0.5, 0.6) is 5.75 Å². The van der Waals surface area contributed by atoms with Gasteiger partial charge in [-0.05, 0) is 31.5 Å². The Morgan fingerprint density at radius 2 is 1.77 bits per heavy atom. The third-order valence-electron chi connectivity index (χ3n) is 4.05. The first-order chi connectivity index (χ1) is 10.5. The van der Waals surface area contributed by atoms with Crippen molar-refractivity contribution in [1.29, 1.82) is 0 Å². The minimum atomic E-state index is -3.55. The summed E-state index contributed by atoms with van der Waals surface area (Å²) in [5.41, 5.74) is 1.66. The van der Waals surface area contributed by atoms with E-state index in [9.17, 15) is 8.42 Å². The molecule has 1 aliphatic heterocycles. The van der Waals surface area contributed by atoms with E-state index >= 15 is 0 Å². The largest absolute Gasteiger partial charge is 0.492 e. The molecule has 5 heteroatoms. The molecule has 1 unspecified atom stereocenters. The number of benzene rings is 2. The van der Waals surface area contributed by atoms with Gasteiger partial charge in [-0.1, -0.05) is 36.4 Å². The maximum Gasteiger partial charge on any atom is 0.244 e. The van der Waals surface area contributed by atoms with Gasteiger partial charge in [-0.15, -0.1) is 0 Å². The summed E-state index contributed by atoms with van der Waals surface area (Å²) in [5, 5.41) is 0. The van der Waals surface area contributed by atoms with Gasteiger partial charge < -0.3 is 4.74 Å². The zero-order chi connectivity index (χ0) is 15.7. The predicted octanol–water partition coefficient (Wildman–Crippen LogP) is 3.14. The van der Waals surface area contributed by atoms with Crippen LogP contribution >= 0.6 is 0 Å². The highest BCUT2D eigenvalue weighted by molar-refractivity contribution is 7.89. The van der Waals surface area contributed by atoms with Gasteiger partial charge in [0.25, 0.3) is 0 Å². The molecule has 0 N–H and O–H groups in total.